The van der Waals surface area contributed by atoms with Gasteiger partial charge in [0.2, 0.25) is 5.91 Å². The van der Waals surface area contributed by atoms with E-state index in [0.29, 0.717) is 0 Å². The third kappa shape index (κ3) is 3.85. The van der Waals surface area contributed by atoms with Crippen molar-refractivity contribution in [1.82, 2.24) is 0 Å². The van der Waals surface area contributed by atoms with Gasteiger partial charge in [0, 0.05) is 25.7 Å². The van der Waals surface area contributed by atoms with Gasteiger partial charge < -0.3 is 15.5 Å². The second-order valence-electron chi connectivity index (χ2n) is 6.89. The Morgan fingerprint density at radius 2 is 1.64 bits per heavy atom. The Balaban J connectivity index is 1.91. The lowest BCUT2D eigenvalue weighted by atomic mass is 10.0. The van der Waals surface area contributed by atoms with Gasteiger partial charge in [0.1, 0.15) is 0 Å². The molecule has 0 saturated carbocycles. The monoisotopic (exact) mass is 337 g/mol. The summed E-state index contributed by atoms with van der Waals surface area (Å²) in [5.41, 5.74) is 9.37. The van der Waals surface area contributed by atoms with Crippen LogP contribution >= 0.6 is 0 Å². The number of nitrogens with two attached hydrogens (primary N) is 1. The molecule has 2 unspecified atom stereocenters. The van der Waals surface area contributed by atoms with Gasteiger partial charge in [-0.2, -0.15) is 0 Å². The predicted molar refractivity (Wildman–Crippen MR) is 104 cm³/mol. The van der Waals surface area contributed by atoms with Gasteiger partial charge in [-0.3, -0.25) is 4.79 Å². The zero-order chi connectivity index (χ0) is 17.8. The molecule has 0 bridgehead atoms. The molecular weight excluding hydrogens is 310 g/mol. The first-order chi connectivity index (χ1) is 12.1. The van der Waals surface area contributed by atoms with Crippen molar-refractivity contribution in [2.24, 2.45) is 11.7 Å². The molecule has 3 rings (SSSR count). The first kappa shape index (κ1) is 17.5. The molecular formula is C21H27N3O. The van der Waals surface area contributed by atoms with Gasteiger partial charge in [-0.15, -0.1) is 0 Å². The van der Waals surface area contributed by atoms with Crippen LogP contribution in [0.2, 0.25) is 0 Å². The van der Waals surface area contributed by atoms with Crippen LogP contribution in [-0.2, 0) is 11.3 Å². The predicted octanol–water partition coefficient (Wildman–Crippen LogP) is 3.41. The fourth-order valence-electron chi connectivity index (χ4n) is 3.29. The maximum Gasteiger partial charge on any atom is 0.231 e. The van der Waals surface area contributed by atoms with Crippen LogP contribution in [0.3, 0.4) is 0 Å². The highest BCUT2D eigenvalue weighted by molar-refractivity contribution is 5.98. The lowest BCUT2D eigenvalue weighted by Gasteiger charge is -2.29. The number of carbonyl (C=O) groups is 1. The van der Waals surface area contributed by atoms with Gasteiger partial charge in [-0.25, -0.2) is 0 Å². The van der Waals surface area contributed by atoms with E-state index >= 15 is 0 Å². The van der Waals surface area contributed by atoms with Crippen LogP contribution in [0, 0.1) is 5.92 Å². The van der Waals surface area contributed by atoms with Crippen molar-refractivity contribution in [2.45, 2.75) is 32.9 Å². The molecule has 0 saturated heterocycles. The quantitative estimate of drug-likeness (QED) is 0.930. The second-order valence-corrected chi connectivity index (χ2v) is 6.89. The highest BCUT2D eigenvalue weighted by Gasteiger charge is 2.28. The Morgan fingerprint density at radius 1 is 1.00 bits per heavy atom. The summed E-state index contributed by atoms with van der Waals surface area (Å²) < 4.78 is 0. The van der Waals surface area contributed by atoms with E-state index in [4.69, 9.17) is 5.73 Å². The molecule has 0 radical (unpaired) electrons. The molecule has 2 atom stereocenters. The molecule has 0 aliphatic carbocycles. The van der Waals surface area contributed by atoms with Crippen LogP contribution in [0.4, 0.5) is 11.4 Å². The molecule has 2 aromatic rings. The number of carbonyl (C=O) groups excluding carboxylic acids is 1. The van der Waals surface area contributed by atoms with E-state index in [0.717, 1.165) is 37.4 Å². The Morgan fingerprint density at radius 3 is 2.32 bits per heavy atom. The summed E-state index contributed by atoms with van der Waals surface area (Å²) in [4.78, 5) is 17.2. The zero-order valence-corrected chi connectivity index (χ0v) is 15.1. The van der Waals surface area contributed by atoms with E-state index in [1.807, 2.05) is 43.0 Å². The number of para-hydroxylation sites is 2. The van der Waals surface area contributed by atoms with Crippen LogP contribution in [0.15, 0.2) is 54.6 Å². The standard InChI is InChI=1S/C21H27N3O/c1-16(17(2)22)21(25)24-14-8-13-23(15-18-9-4-3-5-10-18)19-11-6-7-12-20(19)24/h3-7,9-12,16-17H,8,13-15,22H2,1-2H3. The molecule has 132 valence electrons. The molecule has 1 aliphatic rings. The lowest BCUT2D eigenvalue weighted by Crippen LogP contribution is -2.42. The molecule has 2 aromatic carbocycles. The lowest BCUT2D eigenvalue weighted by molar-refractivity contribution is -0.122. The largest absolute Gasteiger partial charge is 0.365 e. The summed E-state index contributed by atoms with van der Waals surface area (Å²) in [6.45, 7) is 6.33. The van der Waals surface area contributed by atoms with Gasteiger partial charge in [0.25, 0.3) is 0 Å². The van der Waals surface area contributed by atoms with E-state index in [1.54, 1.807) is 0 Å². The average molecular weight is 337 g/mol. The molecule has 0 aromatic heterocycles. The first-order valence-corrected chi connectivity index (χ1v) is 9.03. The average Bonchev–Trinajstić information content (AvgIpc) is 2.81. The third-order valence-corrected chi connectivity index (χ3v) is 4.98. The Hall–Kier alpha value is -2.33. The fourth-order valence-corrected chi connectivity index (χ4v) is 3.29. The van der Waals surface area contributed by atoms with Gasteiger partial charge in [0.15, 0.2) is 0 Å². The van der Waals surface area contributed by atoms with Crippen molar-refractivity contribution < 1.29 is 4.79 Å². The molecule has 0 spiro atoms. The van der Waals surface area contributed by atoms with Crippen molar-refractivity contribution in [3.63, 3.8) is 0 Å². The molecule has 1 heterocycles. The van der Waals surface area contributed by atoms with E-state index < -0.39 is 0 Å². The van der Waals surface area contributed by atoms with Gasteiger partial charge in [-0.05, 0) is 31.0 Å². The molecule has 1 amide bonds. The number of hydrogen-bond acceptors (Lipinski definition) is 3. The molecule has 2 N–H and O–H groups in total. The van der Waals surface area contributed by atoms with E-state index in [2.05, 4.69) is 35.2 Å². The summed E-state index contributed by atoms with van der Waals surface area (Å²) in [5, 5.41) is 0. The number of hydrogen-bond donors (Lipinski definition) is 1. The minimum atomic E-state index is -0.186. The normalized spacial score (nSPS) is 16.8. The topological polar surface area (TPSA) is 49.6 Å². The van der Waals surface area contributed by atoms with Crippen molar-refractivity contribution >= 4 is 17.3 Å². The minimum Gasteiger partial charge on any atom is -0.365 e. The molecule has 1 aliphatic heterocycles. The highest BCUT2D eigenvalue weighted by atomic mass is 16.2. The maximum atomic E-state index is 12.9. The fraction of sp³-hybridized carbons (Fsp3) is 0.381. The van der Waals surface area contributed by atoms with Crippen molar-refractivity contribution in [2.75, 3.05) is 22.9 Å². The number of rotatable bonds is 4. The summed E-state index contributed by atoms with van der Waals surface area (Å²) in [7, 11) is 0. The van der Waals surface area contributed by atoms with E-state index in [1.165, 1.54) is 5.56 Å². The maximum absolute atomic E-state index is 12.9. The van der Waals surface area contributed by atoms with E-state index in [-0.39, 0.29) is 17.9 Å². The van der Waals surface area contributed by atoms with Crippen molar-refractivity contribution in [3.8, 4) is 0 Å². The summed E-state index contributed by atoms with van der Waals surface area (Å²) in [5.74, 6) is -0.0715. The SMILES string of the molecule is CC(N)C(C)C(=O)N1CCCN(Cc2ccccc2)c2ccccc21. The Kier molecular flexibility index (Phi) is 5.39. The Bertz CT molecular complexity index is 714. The summed E-state index contributed by atoms with van der Waals surface area (Å²) in [6, 6.07) is 18.5. The van der Waals surface area contributed by atoms with Crippen LogP contribution in [-0.4, -0.2) is 25.0 Å². The first-order valence-electron chi connectivity index (χ1n) is 9.03. The van der Waals surface area contributed by atoms with Crippen LogP contribution < -0.4 is 15.5 Å². The van der Waals surface area contributed by atoms with Crippen LogP contribution in [0.25, 0.3) is 0 Å². The zero-order valence-electron chi connectivity index (χ0n) is 15.1. The van der Waals surface area contributed by atoms with Crippen LogP contribution in [0.1, 0.15) is 25.8 Å². The number of fused-ring (bicyclic) bond motifs is 1. The minimum absolute atomic E-state index is 0.115. The third-order valence-electron chi connectivity index (χ3n) is 4.98. The Labute approximate surface area is 150 Å². The number of benzene rings is 2. The van der Waals surface area contributed by atoms with E-state index in [9.17, 15) is 4.79 Å². The van der Waals surface area contributed by atoms with Gasteiger partial charge in [0.05, 0.1) is 17.3 Å². The van der Waals surface area contributed by atoms with Crippen molar-refractivity contribution in [3.05, 3.63) is 60.2 Å². The number of nitrogens with zero attached hydrogens (tertiary/aromatic N) is 2. The van der Waals surface area contributed by atoms with Gasteiger partial charge in [-0.1, -0.05) is 49.4 Å². The number of anilines is 2. The smallest absolute Gasteiger partial charge is 0.231 e. The van der Waals surface area contributed by atoms with Gasteiger partial charge >= 0.3 is 0 Å². The second kappa shape index (κ2) is 7.70. The van der Waals surface area contributed by atoms with Crippen LogP contribution in [0.5, 0.6) is 0 Å². The summed E-state index contributed by atoms with van der Waals surface area (Å²) in [6.07, 6.45) is 0.943. The molecule has 4 heteroatoms. The van der Waals surface area contributed by atoms with Crippen molar-refractivity contribution in [1.29, 1.82) is 0 Å². The number of amides is 1. The molecule has 0 fully saturated rings. The molecule has 25 heavy (non-hydrogen) atoms. The highest BCUT2D eigenvalue weighted by Crippen LogP contribution is 2.34. The molecule has 4 nitrogen and oxygen atoms in total. The summed E-state index contributed by atoms with van der Waals surface area (Å²) >= 11 is 0.